The van der Waals surface area contributed by atoms with Crippen molar-refractivity contribution in [3.05, 3.63) is 63.8 Å². The van der Waals surface area contributed by atoms with E-state index in [1.54, 1.807) is 24.4 Å². The molecule has 2 aromatic rings. The van der Waals surface area contributed by atoms with Crippen molar-refractivity contribution in [3.8, 4) is 0 Å². The molecule has 0 spiro atoms. The number of rotatable bonds is 5. The number of pyridine rings is 1. The highest BCUT2D eigenvalue weighted by Gasteiger charge is 2.05. The average Bonchev–Trinajstić information content (AvgIpc) is 2.46. The Hall–Kier alpha value is -1.99. The van der Waals surface area contributed by atoms with Gasteiger partial charge >= 0.3 is 0 Å². The molecule has 0 amide bonds. The Balaban J connectivity index is 2.03. The number of nitro benzene ring substituents is 1. The first-order chi connectivity index (χ1) is 9.56. The lowest BCUT2D eigenvalue weighted by Gasteiger charge is -2.03. The van der Waals surface area contributed by atoms with E-state index in [1.807, 2.05) is 6.07 Å². The Morgan fingerprint density at radius 1 is 1.35 bits per heavy atom. The lowest BCUT2D eigenvalue weighted by molar-refractivity contribution is -0.384. The molecule has 0 saturated carbocycles. The normalized spacial score (nSPS) is 10.2. The molecule has 20 heavy (non-hydrogen) atoms. The van der Waals surface area contributed by atoms with Crippen molar-refractivity contribution in [2.45, 2.75) is 10.8 Å². The number of non-ortho nitro benzene ring substituents is 1. The van der Waals surface area contributed by atoms with Gasteiger partial charge in [-0.15, -0.1) is 11.8 Å². The van der Waals surface area contributed by atoms with Crippen molar-refractivity contribution in [2.75, 3.05) is 0 Å². The quantitative estimate of drug-likeness (QED) is 0.396. The standard InChI is InChI=1S/C13H11N3O2S2/c14-13(19)10-5-6-15-12(7-10)20-8-9-1-3-11(4-2-9)16(17)18/h1-7H,8H2,(H2,14,19). The number of thioether (sulfide) groups is 1. The van der Waals surface area contributed by atoms with Crippen LogP contribution in [-0.2, 0) is 5.75 Å². The molecule has 0 atom stereocenters. The van der Waals surface area contributed by atoms with Gasteiger partial charge < -0.3 is 5.73 Å². The van der Waals surface area contributed by atoms with Crippen molar-refractivity contribution < 1.29 is 4.92 Å². The first-order valence-corrected chi connectivity index (χ1v) is 7.07. The molecule has 0 radical (unpaired) electrons. The van der Waals surface area contributed by atoms with Crippen LogP contribution < -0.4 is 5.73 Å². The number of thiocarbonyl (C=S) groups is 1. The zero-order valence-corrected chi connectivity index (χ0v) is 12.0. The van der Waals surface area contributed by atoms with Gasteiger partial charge in [0.2, 0.25) is 0 Å². The SMILES string of the molecule is NC(=S)c1ccnc(SCc2ccc([N+](=O)[O-])cc2)c1. The first-order valence-electron chi connectivity index (χ1n) is 5.68. The van der Waals surface area contributed by atoms with Crippen molar-refractivity contribution in [1.29, 1.82) is 0 Å². The third kappa shape index (κ3) is 3.75. The smallest absolute Gasteiger partial charge is 0.269 e. The van der Waals surface area contributed by atoms with Crippen molar-refractivity contribution in [3.63, 3.8) is 0 Å². The second-order valence-corrected chi connectivity index (χ2v) is 5.39. The highest BCUT2D eigenvalue weighted by atomic mass is 32.2. The van der Waals surface area contributed by atoms with Gasteiger partial charge in [0.25, 0.3) is 5.69 Å². The van der Waals surface area contributed by atoms with Crippen LogP contribution in [0.5, 0.6) is 0 Å². The van der Waals surface area contributed by atoms with Crippen LogP contribution in [-0.4, -0.2) is 14.9 Å². The second kappa shape index (κ2) is 6.44. The summed E-state index contributed by atoms with van der Waals surface area (Å²) in [7, 11) is 0. The van der Waals surface area contributed by atoms with Gasteiger partial charge in [0.05, 0.1) is 9.95 Å². The van der Waals surface area contributed by atoms with E-state index in [4.69, 9.17) is 18.0 Å². The zero-order chi connectivity index (χ0) is 14.5. The van der Waals surface area contributed by atoms with Gasteiger partial charge in [0.1, 0.15) is 4.99 Å². The molecule has 0 bridgehead atoms. The minimum Gasteiger partial charge on any atom is -0.389 e. The average molecular weight is 305 g/mol. The Kier molecular flexibility index (Phi) is 4.65. The molecular formula is C13H11N3O2S2. The van der Waals surface area contributed by atoms with E-state index in [9.17, 15) is 10.1 Å². The number of benzene rings is 1. The predicted molar refractivity (Wildman–Crippen MR) is 82.8 cm³/mol. The van der Waals surface area contributed by atoms with Crippen LogP contribution in [0.2, 0.25) is 0 Å². The van der Waals surface area contributed by atoms with E-state index in [1.165, 1.54) is 23.9 Å². The number of aromatic nitrogens is 1. The van der Waals surface area contributed by atoms with Gasteiger partial charge in [-0.2, -0.15) is 0 Å². The van der Waals surface area contributed by atoms with Gasteiger partial charge in [0, 0.05) is 29.6 Å². The molecule has 2 rings (SSSR count). The van der Waals surface area contributed by atoms with E-state index in [-0.39, 0.29) is 5.69 Å². The highest BCUT2D eigenvalue weighted by Crippen LogP contribution is 2.22. The molecule has 0 saturated heterocycles. The maximum absolute atomic E-state index is 10.6. The molecule has 1 heterocycles. The number of hydrogen-bond acceptors (Lipinski definition) is 5. The molecule has 1 aromatic heterocycles. The summed E-state index contributed by atoms with van der Waals surface area (Å²) in [6.45, 7) is 0. The molecular weight excluding hydrogens is 294 g/mol. The van der Waals surface area contributed by atoms with Crippen LogP contribution in [0.25, 0.3) is 0 Å². The maximum Gasteiger partial charge on any atom is 0.269 e. The largest absolute Gasteiger partial charge is 0.389 e. The lowest BCUT2D eigenvalue weighted by Crippen LogP contribution is -2.09. The van der Waals surface area contributed by atoms with Crippen LogP contribution in [0.3, 0.4) is 0 Å². The van der Waals surface area contributed by atoms with Crippen LogP contribution in [0.15, 0.2) is 47.6 Å². The molecule has 7 heteroatoms. The van der Waals surface area contributed by atoms with E-state index in [2.05, 4.69) is 4.98 Å². The summed E-state index contributed by atoms with van der Waals surface area (Å²) in [4.78, 5) is 14.7. The fourth-order valence-corrected chi connectivity index (χ4v) is 2.49. The third-order valence-corrected chi connectivity index (χ3v) is 3.79. The van der Waals surface area contributed by atoms with Crippen LogP contribution in [0.4, 0.5) is 5.69 Å². The van der Waals surface area contributed by atoms with Crippen molar-refractivity contribution in [1.82, 2.24) is 4.98 Å². The van der Waals surface area contributed by atoms with Gasteiger partial charge in [-0.25, -0.2) is 4.98 Å². The Morgan fingerprint density at radius 2 is 2.05 bits per heavy atom. The molecule has 0 aliphatic carbocycles. The van der Waals surface area contributed by atoms with Crippen LogP contribution in [0, 0.1) is 10.1 Å². The van der Waals surface area contributed by atoms with Gasteiger partial charge in [-0.3, -0.25) is 10.1 Å². The Bertz CT molecular complexity index is 644. The van der Waals surface area contributed by atoms with E-state index < -0.39 is 4.92 Å². The fraction of sp³-hybridized carbons (Fsp3) is 0.0769. The topological polar surface area (TPSA) is 82.0 Å². The van der Waals surface area contributed by atoms with Crippen LogP contribution >= 0.6 is 24.0 Å². The minimum absolute atomic E-state index is 0.0901. The van der Waals surface area contributed by atoms with E-state index >= 15 is 0 Å². The number of hydrogen-bond donors (Lipinski definition) is 1. The van der Waals surface area contributed by atoms with Gasteiger partial charge in [0.15, 0.2) is 0 Å². The highest BCUT2D eigenvalue weighted by molar-refractivity contribution is 7.98. The number of nitro groups is 1. The molecule has 0 aliphatic rings. The maximum atomic E-state index is 10.6. The molecule has 0 unspecified atom stereocenters. The summed E-state index contributed by atoms with van der Waals surface area (Å²) in [5.41, 5.74) is 7.42. The minimum atomic E-state index is -0.413. The molecule has 102 valence electrons. The molecule has 2 N–H and O–H groups in total. The molecule has 5 nitrogen and oxygen atoms in total. The van der Waals surface area contributed by atoms with Crippen molar-refractivity contribution >= 4 is 34.7 Å². The molecule has 0 fully saturated rings. The monoisotopic (exact) mass is 305 g/mol. The number of nitrogens with two attached hydrogens (primary N) is 1. The number of nitrogens with zero attached hydrogens (tertiary/aromatic N) is 2. The lowest BCUT2D eigenvalue weighted by atomic mass is 10.2. The van der Waals surface area contributed by atoms with Crippen molar-refractivity contribution in [2.24, 2.45) is 5.73 Å². The van der Waals surface area contributed by atoms with E-state index in [0.717, 1.165) is 16.2 Å². The van der Waals surface area contributed by atoms with Gasteiger partial charge in [-0.1, -0.05) is 24.4 Å². The van der Waals surface area contributed by atoms with Crippen LogP contribution in [0.1, 0.15) is 11.1 Å². The Morgan fingerprint density at radius 3 is 2.65 bits per heavy atom. The zero-order valence-electron chi connectivity index (χ0n) is 10.4. The van der Waals surface area contributed by atoms with E-state index in [0.29, 0.717) is 10.7 Å². The summed E-state index contributed by atoms with van der Waals surface area (Å²) >= 11 is 6.44. The molecule has 1 aromatic carbocycles. The summed E-state index contributed by atoms with van der Waals surface area (Å²) in [6.07, 6.45) is 1.66. The summed E-state index contributed by atoms with van der Waals surface area (Å²) in [5, 5.41) is 11.4. The fourth-order valence-electron chi connectivity index (χ4n) is 1.51. The predicted octanol–water partition coefficient (Wildman–Crippen LogP) is 2.92. The second-order valence-electron chi connectivity index (χ2n) is 3.96. The Labute approximate surface area is 125 Å². The summed E-state index contributed by atoms with van der Waals surface area (Å²) < 4.78 is 0. The summed E-state index contributed by atoms with van der Waals surface area (Å²) in [5.74, 6) is 0.672. The first kappa shape index (κ1) is 14.4. The third-order valence-electron chi connectivity index (χ3n) is 2.55. The van der Waals surface area contributed by atoms with Gasteiger partial charge in [-0.05, 0) is 17.7 Å². The molecule has 0 aliphatic heterocycles. The summed E-state index contributed by atoms with van der Waals surface area (Å²) in [6, 6.07) is 10.1.